The Morgan fingerprint density at radius 3 is 2.61 bits per heavy atom. The molecule has 1 saturated carbocycles. The third-order valence-electron chi connectivity index (χ3n) is 6.57. The van der Waals surface area contributed by atoms with Gasteiger partial charge in [0.15, 0.2) is 5.78 Å². The molecule has 2 aliphatic rings. The number of aliphatic hydroxyl groups is 1. The molecule has 1 aliphatic carbocycles. The average Bonchev–Trinajstić information content (AvgIpc) is 2.47. The van der Waals surface area contributed by atoms with Gasteiger partial charge in [0, 0.05) is 26.4 Å². The SMILES string of the molecule is C=C(C)C12CC[N+](C)(C)C(CCCC)C1(O)CCC(=O)C2OC. The maximum atomic E-state index is 12.5. The molecule has 1 heterocycles. The summed E-state index contributed by atoms with van der Waals surface area (Å²) in [6, 6.07) is 0.110. The molecule has 4 unspecified atom stereocenters. The number of nitrogens with zero attached hydrogens (tertiary/aromatic N) is 1. The summed E-state index contributed by atoms with van der Waals surface area (Å²) in [6.45, 7) is 9.26. The van der Waals surface area contributed by atoms with Crippen LogP contribution in [-0.4, -0.2) is 60.9 Å². The van der Waals surface area contributed by atoms with Crippen LogP contribution in [0.3, 0.4) is 0 Å². The van der Waals surface area contributed by atoms with E-state index in [9.17, 15) is 9.90 Å². The highest BCUT2D eigenvalue weighted by atomic mass is 16.5. The Labute approximate surface area is 141 Å². The second-order valence-electron chi connectivity index (χ2n) is 8.17. The predicted molar refractivity (Wildman–Crippen MR) is 92.1 cm³/mol. The van der Waals surface area contributed by atoms with Crippen LogP contribution in [0.1, 0.15) is 52.4 Å². The van der Waals surface area contributed by atoms with Crippen molar-refractivity contribution in [1.82, 2.24) is 0 Å². The fourth-order valence-corrected chi connectivity index (χ4v) is 5.30. The number of Topliss-reactive ketones (excluding diaryl/α,β-unsaturated/α-hetero) is 1. The van der Waals surface area contributed by atoms with Crippen molar-refractivity contribution in [3.05, 3.63) is 12.2 Å². The fraction of sp³-hybridized carbons (Fsp3) is 0.842. The van der Waals surface area contributed by atoms with Crippen LogP contribution in [0.4, 0.5) is 0 Å². The minimum Gasteiger partial charge on any atom is -0.383 e. The van der Waals surface area contributed by atoms with Gasteiger partial charge in [-0.2, -0.15) is 0 Å². The zero-order chi connectivity index (χ0) is 17.5. The molecule has 23 heavy (non-hydrogen) atoms. The van der Waals surface area contributed by atoms with Gasteiger partial charge in [-0.15, -0.1) is 0 Å². The highest BCUT2D eigenvalue weighted by Gasteiger charge is 2.69. The number of likely N-dealkylation sites (N-methyl/N-ethyl adjacent to an activating group) is 1. The Morgan fingerprint density at radius 2 is 2.09 bits per heavy atom. The highest BCUT2D eigenvalue weighted by Crippen LogP contribution is 2.57. The number of methoxy groups -OCH3 is 1. The molecule has 132 valence electrons. The molecule has 0 aromatic heterocycles. The lowest BCUT2D eigenvalue weighted by molar-refractivity contribution is -0.932. The first kappa shape index (κ1) is 18.6. The van der Waals surface area contributed by atoms with Gasteiger partial charge in [0.1, 0.15) is 17.7 Å². The van der Waals surface area contributed by atoms with Crippen LogP contribution in [0.15, 0.2) is 12.2 Å². The Morgan fingerprint density at radius 1 is 1.43 bits per heavy atom. The van der Waals surface area contributed by atoms with Gasteiger partial charge in [-0.1, -0.05) is 25.5 Å². The maximum absolute atomic E-state index is 12.5. The molecule has 0 spiro atoms. The fourth-order valence-electron chi connectivity index (χ4n) is 5.30. The molecule has 0 radical (unpaired) electrons. The summed E-state index contributed by atoms with van der Waals surface area (Å²) in [5.74, 6) is 0.113. The molecule has 0 aromatic rings. The van der Waals surface area contributed by atoms with Crippen molar-refractivity contribution >= 4 is 5.78 Å². The first-order chi connectivity index (χ1) is 10.7. The van der Waals surface area contributed by atoms with E-state index in [-0.39, 0.29) is 11.8 Å². The molecule has 1 N–H and O–H groups in total. The lowest BCUT2D eigenvalue weighted by Crippen LogP contribution is -2.76. The summed E-state index contributed by atoms with van der Waals surface area (Å²) in [5, 5.41) is 11.9. The lowest BCUT2D eigenvalue weighted by atomic mass is 9.51. The van der Waals surface area contributed by atoms with E-state index in [1.54, 1.807) is 7.11 Å². The number of ketones is 1. The van der Waals surface area contributed by atoms with Gasteiger partial charge in [0.25, 0.3) is 0 Å². The molecule has 4 atom stereocenters. The second-order valence-corrected chi connectivity index (χ2v) is 8.17. The van der Waals surface area contributed by atoms with Gasteiger partial charge >= 0.3 is 0 Å². The zero-order valence-electron chi connectivity index (χ0n) is 15.5. The number of carbonyl (C=O) groups excluding carboxylic acids is 1. The molecule has 2 fully saturated rings. The number of hydrogen-bond acceptors (Lipinski definition) is 3. The lowest BCUT2D eigenvalue weighted by Gasteiger charge is -2.63. The standard InChI is InChI=1S/C19H34NO3/c1-7-8-9-16-19(22)11-10-15(21)17(23-6)18(19,14(2)3)12-13-20(16,4)5/h16-17,22H,2,7-13H2,1,3-6H3/q+1. The number of carbonyl (C=O) groups is 1. The number of quaternary nitrogens is 1. The van der Waals surface area contributed by atoms with E-state index >= 15 is 0 Å². The number of unbranched alkanes of at least 4 members (excludes halogenated alkanes) is 1. The Hall–Kier alpha value is -0.710. The van der Waals surface area contributed by atoms with Crippen LogP contribution in [0.2, 0.25) is 0 Å². The number of ether oxygens (including phenoxy) is 1. The number of rotatable bonds is 5. The van der Waals surface area contributed by atoms with E-state index < -0.39 is 17.1 Å². The van der Waals surface area contributed by atoms with Crippen molar-refractivity contribution < 1.29 is 19.1 Å². The molecule has 1 saturated heterocycles. The molecule has 4 nitrogen and oxygen atoms in total. The van der Waals surface area contributed by atoms with Crippen molar-refractivity contribution in [1.29, 1.82) is 0 Å². The zero-order valence-corrected chi connectivity index (χ0v) is 15.5. The molecule has 0 aromatic carbocycles. The smallest absolute Gasteiger partial charge is 0.162 e. The van der Waals surface area contributed by atoms with Crippen LogP contribution >= 0.6 is 0 Å². The van der Waals surface area contributed by atoms with Gasteiger partial charge in [0.2, 0.25) is 0 Å². The number of hydrogen-bond donors (Lipinski definition) is 1. The summed E-state index contributed by atoms with van der Waals surface area (Å²) < 4.78 is 6.45. The number of fused-ring (bicyclic) bond motifs is 1. The summed E-state index contributed by atoms with van der Waals surface area (Å²) in [7, 11) is 6.01. The summed E-state index contributed by atoms with van der Waals surface area (Å²) in [6.07, 6.45) is 4.27. The average molecular weight is 324 g/mol. The van der Waals surface area contributed by atoms with E-state index in [0.29, 0.717) is 12.8 Å². The largest absolute Gasteiger partial charge is 0.383 e. The summed E-state index contributed by atoms with van der Waals surface area (Å²) >= 11 is 0. The van der Waals surface area contributed by atoms with Gasteiger partial charge in [0.05, 0.1) is 26.1 Å². The minimum atomic E-state index is -0.926. The topological polar surface area (TPSA) is 46.5 Å². The molecular formula is C19H34NO3+. The Kier molecular flexibility index (Phi) is 5.10. The van der Waals surface area contributed by atoms with Crippen LogP contribution in [0.5, 0.6) is 0 Å². The number of piperidine rings is 1. The van der Waals surface area contributed by atoms with Gasteiger partial charge in [-0.05, 0) is 19.8 Å². The minimum absolute atomic E-state index is 0.110. The van der Waals surface area contributed by atoms with E-state index in [1.165, 1.54) is 0 Å². The van der Waals surface area contributed by atoms with E-state index in [1.807, 2.05) is 6.92 Å². The van der Waals surface area contributed by atoms with Crippen LogP contribution in [0, 0.1) is 5.41 Å². The Balaban J connectivity index is 2.57. The van der Waals surface area contributed by atoms with Gasteiger partial charge < -0.3 is 14.3 Å². The maximum Gasteiger partial charge on any atom is 0.162 e. The monoisotopic (exact) mass is 324 g/mol. The van der Waals surface area contributed by atoms with E-state index in [2.05, 4.69) is 27.6 Å². The molecular weight excluding hydrogens is 290 g/mol. The van der Waals surface area contributed by atoms with Crippen LogP contribution < -0.4 is 0 Å². The first-order valence-electron chi connectivity index (χ1n) is 8.94. The van der Waals surface area contributed by atoms with Crippen molar-refractivity contribution in [3.63, 3.8) is 0 Å². The second kappa shape index (κ2) is 6.30. The van der Waals surface area contributed by atoms with Crippen LogP contribution in [0.25, 0.3) is 0 Å². The van der Waals surface area contributed by atoms with Gasteiger partial charge in [-0.3, -0.25) is 4.79 Å². The first-order valence-corrected chi connectivity index (χ1v) is 8.94. The van der Waals surface area contributed by atoms with Crippen molar-refractivity contribution in [2.24, 2.45) is 5.41 Å². The summed E-state index contributed by atoms with van der Waals surface area (Å²) in [5.41, 5.74) is -0.686. The third kappa shape index (κ3) is 2.59. The molecule has 4 heteroatoms. The van der Waals surface area contributed by atoms with E-state index in [0.717, 1.165) is 42.3 Å². The van der Waals surface area contributed by atoms with Crippen LogP contribution in [-0.2, 0) is 9.53 Å². The van der Waals surface area contributed by atoms with E-state index in [4.69, 9.17) is 4.74 Å². The Bertz CT molecular complexity index is 487. The molecule has 1 aliphatic heterocycles. The third-order valence-corrected chi connectivity index (χ3v) is 6.57. The van der Waals surface area contributed by atoms with Crippen molar-refractivity contribution in [3.8, 4) is 0 Å². The van der Waals surface area contributed by atoms with Crippen molar-refractivity contribution in [2.45, 2.75) is 70.1 Å². The molecule has 2 rings (SSSR count). The molecule has 0 bridgehead atoms. The normalized spacial score (nSPS) is 39.8. The highest BCUT2D eigenvalue weighted by molar-refractivity contribution is 5.86. The molecule has 0 amide bonds. The number of likely N-dealkylation sites (tertiary alicyclic amines) is 1. The predicted octanol–water partition coefficient (Wildman–Crippen LogP) is 2.70. The van der Waals surface area contributed by atoms with Gasteiger partial charge in [-0.25, -0.2) is 0 Å². The summed E-state index contributed by atoms with van der Waals surface area (Å²) in [4.78, 5) is 12.5. The van der Waals surface area contributed by atoms with Crippen molar-refractivity contribution in [2.75, 3.05) is 27.7 Å². The quantitative estimate of drug-likeness (QED) is 0.625.